The van der Waals surface area contributed by atoms with E-state index >= 15 is 0 Å². The lowest BCUT2D eigenvalue weighted by atomic mass is 10.2. The van der Waals surface area contributed by atoms with Crippen LogP contribution in [-0.2, 0) is 4.79 Å². The van der Waals surface area contributed by atoms with E-state index in [9.17, 15) is 14.3 Å². The number of carbonyl (C=O) groups is 1. The molecule has 0 aliphatic rings. The van der Waals surface area contributed by atoms with Crippen LogP contribution in [0.1, 0.15) is 6.42 Å². The van der Waals surface area contributed by atoms with E-state index in [1.54, 1.807) is 0 Å². The molecular weight excluding hydrogens is 229 g/mol. The highest BCUT2D eigenvalue weighted by atomic mass is 19.1. The summed E-state index contributed by atoms with van der Waals surface area (Å²) in [6, 6.07) is 3.90. The van der Waals surface area contributed by atoms with Gasteiger partial charge in [0.1, 0.15) is 11.6 Å². The molecule has 17 heavy (non-hydrogen) atoms. The van der Waals surface area contributed by atoms with Gasteiger partial charge >= 0.3 is 5.97 Å². The number of aliphatic carboxylic acids is 1. The molecule has 1 unspecified atom stereocenters. The summed E-state index contributed by atoms with van der Waals surface area (Å²) < 4.78 is 17.8. The second-order valence-electron chi connectivity index (χ2n) is 3.48. The number of methoxy groups -OCH3 is 1. The number of carboxylic acids is 1. The number of aliphatic hydroxyl groups is 1. The van der Waals surface area contributed by atoms with E-state index in [4.69, 9.17) is 9.84 Å². The van der Waals surface area contributed by atoms with Gasteiger partial charge in [0.2, 0.25) is 0 Å². The molecule has 1 aromatic rings. The van der Waals surface area contributed by atoms with E-state index in [0.29, 0.717) is 11.4 Å². The van der Waals surface area contributed by atoms with Crippen molar-refractivity contribution >= 4 is 11.7 Å². The van der Waals surface area contributed by atoms with Gasteiger partial charge in [0.15, 0.2) is 0 Å². The Balaban J connectivity index is 2.59. The monoisotopic (exact) mass is 243 g/mol. The molecule has 0 aliphatic heterocycles. The lowest BCUT2D eigenvalue weighted by Crippen LogP contribution is -2.22. The van der Waals surface area contributed by atoms with Gasteiger partial charge in [-0.1, -0.05) is 0 Å². The van der Waals surface area contributed by atoms with E-state index < -0.39 is 17.9 Å². The molecule has 0 saturated heterocycles. The van der Waals surface area contributed by atoms with Gasteiger partial charge in [-0.25, -0.2) is 4.39 Å². The number of aliphatic hydroxyl groups excluding tert-OH is 1. The first-order valence-electron chi connectivity index (χ1n) is 5.00. The van der Waals surface area contributed by atoms with E-state index in [0.717, 1.165) is 0 Å². The molecule has 0 amide bonds. The van der Waals surface area contributed by atoms with Crippen LogP contribution in [-0.4, -0.2) is 35.9 Å². The number of ether oxygens (including phenoxy) is 1. The fourth-order valence-corrected chi connectivity index (χ4v) is 1.31. The Bertz CT molecular complexity index is 397. The predicted octanol–water partition coefficient (Wildman–Crippen LogP) is 1.08. The van der Waals surface area contributed by atoms with E-state index in [1.165, 1.54) is 25.3 Å². The van der Waals surface area contributed by atoms with Crippen molar-refractivity contribution in [2.75, 3.05) is 19.0 Å². The number of anilines is 1. The smallest absolute Gasteiger partial charge is 0.306 e. The largest absolute Gasteiger partial charge is 0.494 e. The number of carboxylic acid groups (broad SMARTS) is 1. The van der Waals surface area contributed by atoms with Gasteiger partial charge in [-0.3, -0.25) is 4.79 Å². The molecule has 0 spiro atoms. The Labute approximate surface area is 97.8 Å². The zero-order chi connectivity index (χ0) is 12.8. The Kier molecular flexibility index (Phi) is 4.71. The van der Waals surface area contributed by atoms with Crippen molar-refractivity contribution < 1.29 is 24.1 Å². The quantitative estimate of drug-likeness (QED) is 0.696. The predicted molar refractivity (Wildman–Crippen MR) is 59.7 cm³/mol. The molecule has 0 aliphatic carbocycles. The maximum Gasteiger partial charge on any atom is 0.306 e. The number of nitrogens with one attached hydrogen (secondary N) is 1. The minimum atomic E-state index is -1.08. The van der Waals surface area contributed by atoms with Crippen LogP contribution in [0.25, 0.3) is 0 Å². The fraction of sp³-hybridized carbons (Fsp3) is 0.364. The number of hydrogen-bond acceptors (Lipinski definition) is 4. The molecule has 1 aromatic carbocycles. The minimum Gasteiger partial charge on any atom is -0.494 e. The van der Waals surface area contributed by atoms with Crippen LogP contribution in [0, 0.1) is 5.82 Å². The fourth-order valence-electron chi connectivity index (χ4n) is 1.31. The second kappa shape index (κ2) is 6.05. The van der Waals surface area contributed by atoms with Gasteiger partial charge in [-0.15, -0.1) is 0 Å². The summed E-state index contributed by atoms with van der Waals surface area (Å²) in [5, 5.41) is 20.6. The van der Waals surface area contributed by atoms with Crippen LogP contribution < -0.4 is 10.1 Å². The van der Waals surface area contributed by atoms with Crippen molar-refractivity contribution in [2.45, 2.75) is 12.5 Å². The van der Waals surface area contributed by atoms with Crippen LogP contribution in [0.4, 0.5) is 10.1 Å². The molecule has 0 radical (unpaired) electrons. The van der Waals surface area contributed by atoms with E-state index in [-0.39, 0.29) is 13.0 Å². The summed E-state index contributed by atoms with van der Waals surface area (Å²) in [5.74, 6) is -1.21. The number of halogens is 1. The summed E-state index contributed by atoms with van der Waals surface area (Å²) >= 11 is 0. The average Bonchev–Trinajstić information content (AvgIpc) is 2.26. The normalized spacial score (nSPS) is 11.9. The molecule has 6 heteroatoms. The van der Waals surface area contributed by atoms with Crippen molar-refractivity contribution in [3.8, 4) is 5.75 Å². The third kappa shape index (κ3) is 4.28. The summed E-state index contributed by atoms with van der Waals surface area (Å²) in [6.07, 6.45) is -1.36. The van der Waals surface area contributed by atoms with Crippen molar-refractivity contribution in [1.82, 2.24) is 0 Å². The summed E-state index contributed by atoms with van der Waals surface area (Å²) in [5.41, 5.74) is 0.498. The first kappa shape index (κ1) is 13.2. The number of rotatable bonds is 6. The standard InChI is InChI=1S/C11H14FNO4/c1-17-10-4-7(12)2-3-9(10)13-6-8(14)5-11(15)16/h2-4,8,13-14H,5-6H2,1H3,(H,15,16). The zero-order valence-corrected chi connectivity index (χ0v) is 9.31. The van der Waals surface area contributed by atoms with Crippen LogP contribution in [0.3, 0.4) is 0 Å². The molecule has 0 heterocycles. The molecule has 0 aromatic heterocycles. The molecular formula is C11H14FNO4. The SMILES string of the molecule is COc1cc(F)ccc1NCC(O)CC(=O)O. The second-order valence-corrected chi connectivity index (χ2v) is 3.48. The molecule has 3 N–H and O–H groups in total. The Morgan fingerprint density at radius 2 is 2.29 bits per heavy atom. The third-order valence-corrected chi connectivity index (χ3v) is 2.10. The van der Waals surface area contributed by atoms with E-state index in [1.807, 2.05) is 0 Å². The Hall–Kier alpha value is -1.82. The number of hydrogen-bond donors (Lipinski definition) is 3. The highest BCUT2D eigenvalue weighted by Gasteiger charge is 2.10. The maximum atomic E-state index is 12.9. The number of benzene rings is 1. The molecule has 0 bridgehead atoms. The molecule has 1 atom stereocenters. The van der Waals surface area contributed by atoms with Crippen molar-refractivity contribution in [3.05, 3.63) is 24.0 Å². The van der Waals surface area contributed by atoms with Crippen LogP contribution in [0.15, 0.2) is 18.2 Å². The summed E-state index contributed by atoms with van der Waals surface area (Å²) in [4.78, 5) is 10.3. The van der Waals surface area contributed by atoms with E-state index in [2.05, 4.69) is 5.32 Å². The van der Waals surface area contributed by atoms with Crippen LogP contribution >= 0.6 is 0 Å². The van der Waals surface area contributed by atoms with Crippen LogP contribution in [0.2, 0.25) is 0 Å². The van der Waals surface area contributed by atoms with Crippen LogP contribution in [0.5, 0.6) is 5.75 Å². The first-order valence-corrected chi connectivity index (χ1v) is 5.00. The molecule has 0 saturated carbocycles. The summed E-state index contributed by atoms with van der Waals surface area (Å²) in [6.45, 7) is 0.0499. The van der Waals surface area contributed by atoms with Crippen molar-refractivity contribution in [2.24, 2.45) is 0 Å². The molecule has 94 valence electrons. The lowest BCUT2D eigenvalue weighted by Gasteiger charge is -2.13. The highest BCUT2D eigenvalue weighted by Crippen LogP contribution is 2.24. The topological polar surface area (TPSA) is 78.8 Å². The zero-order valence-electron chi connectivity index (χ0n) is 9.31. The Morgan fingerprint density at radius 1 is 1.59 bits per heavy atom. The van der Waals surface area contributed by atoms with Gasteiger partial charge < -0.3 is 20.3 Å². The summed E-state index contributed by atoms with van der Waals surface area (Å²) in [7, 11) is 1.40. The van der Waals surface area contributed by atoms with Gasteiger partial charge in [0.25, 0.3) is 0 Å². The lowest BCUT2D eigenvalue weighted by molar-refractivity contribution is -0.138. The molecule has 0 fully saturated rings. The Morgan fingerprint density at radius 3 is 2.88 bits per heavy atom. The minimum absolute atomic E-state index is 0.0499. The maximum absolute atomic E-state index is 12.9. The van der Waals surface area contributed by atoms with Gasteiger partial charge in [0, 0.05) is 12.6 Å². The van der Waals surface area contributed by atoms with Gasteiger partial charge in [0.05, 0.1) is 25.3 Å². The van der Waals surface area contributed by atoms with Gasteiger partial charge in [-0.05, 0) is 12.1 Å². The molecule has 5 nitrogen and oxygen atoms in total. The highest BCUT2D eigenvalue weighted by molar-refractivity contribution is 5.67. The first-order chi connectivity index (χ1) is 8.02. The van der Waals surface area contributed by atoms with Crippen molar-refractivity contribution in [1.29, 1.82) is 0 Å². The average molecular weight is 243 g/mol. The van der Waals surface area contributed by atoms with Gasteiger partial charge in [-0.2, -0.15) is 0 Å². The van der Waals surface area contributed by atoms with Crippen molar-refractivity contribution in [3.63, 3.8) is 0 Å². The third-order valence-electron chi connectivity index (χ3n) is 2.10. The molecule has 1 rings (SSSR count).